The van der Waals surface area contributed by atoms with Gasteiger partial charge in [-0.15, -0.1) is 0 Å². The maximum atomic E-state index is 11.5. The summed E-state index contributed by atoms with van der Waals surface area (Å²) >= 11 is 0. The van der Waals surface area contributed by atoms with Gasteiger partial charge in [0.1, 0.15) is 11.5 Å². The quantitative estimate of drug-likeness (QED) is 0.898. The fraction of sp³-hybridized carbons (Fsp3) is 0.417. The maximum Gasteiger partial charge on any atom is 0.154 e. The lowest BCUT2D eigenvalue weighted by Gasteiger charge is -2.10. The lowest BCUT2D eigenvalue weighted by Crippen LogP contribution is -2.14. The Balaban J connectivity index is 2.03. The molecule has 0 bridgehead atoms. The molecular weight excluding hydrogens is 266 g/mol. The number of nitrogens with zero attached hydrogens (tertiary/aromatic N) is 2. The molecule has 1 unspecified atom stereocenters. The number of nitrogen functional groups attached to an aromatic ring is 1. The predicted molar refractivity (Wildman–Crippen MR) is 71.4 cm³/mol. The maximum absolute atomic E-state index is 11.5. The van der Waals surface area contributed by atoms with Crippen LogP contribution in [0.3, 0.4) is 0 Å². The highest BCUT2D eigenvalue weighted by Gasteiger charge is 2.32. The first-order chi connectivity index (χ1) is 8.98. The summed E-state index contributed by atoms with van der Waals surface area (Å²) in [6.45, 7) is 1.86. The number of aromatic nitrogens is 2. The highest BCUT2D eigenvalue weighted by Crippen LogP contribution is 2.32. The van der Waals surface area contributed by atoms with E-state index in [0.29, 0.717) is 23.7 Å². The fourth-order valence-electron chi connectivity index (χ4n) is 2.42. The number of furan rings is 1. The second kappa shape index (κ2) is 4.12. The first-order valence-corrected chi connectivity index (χ1v) is 7.89. The van der Waals surface area contributed by atoms with Gasteiger partial charge >= 0.3 is 0 Å². The Bertz CT molecular complexity index is 701. The molecule has 1 saturated heterocycles. The topological polar surface area (TPSA) is 91.1 Å². The van der Waals surface area contributed by atoms with Gasteiger partial charge in [-0.05, 0) is 25.5 Å². The Morgan fingerprint density at radius 3 is 2.89 bits per heavy atom. The van der Waals surface area contributed by atoms with Crippen LogP contribution < -0.4 is 5.73 Å². The number of sulfone groups is 1. The smallest absolute Gasteiger partial charge is 0.154 e. The van der Waals surface area contributed by atoms with Gasteiger partial charge in [0.05, 0.1) is 23.8 Å². The van der Waals surface area contributed by atoms with Crippen molar-refractivity contribution in [2.24, 2.45) is 0 Å². The van der Waals surface area contributed by atoms with E-state index in [1.165, 1.54) is 0 Å². The van der Waals surface area contributed by atoms with Crippen LogP contribution in [0.5, 0.6) is 0 Å². The molecule has 2 aromatic heterocycles. The molecule has 19 heavy (non-hydrogen) atoms. The summed E-state index contributed by atoms with van der Waals surface area (Å²) < 4.78 is 30.0. The highest BCUT2D eigenvalue weighted by atomic mass is 32.2. The Hall–Kier alpha value is -1.76. The molecule has 102 valence electrons. The Labute approximate surface area is 111 Å². The lowest BCUT2D eigenvalue weighted by atomic mass is 10.2. The fourth-order valence-corrected chi connectivity index (χ4v) is 4.12. The average molecular weight is 281 g/mol. The van der Waals surface area contributed by atoms with Crippen molar-refractivity contribution in [1.82, 2.24) is 9.78 Å². The van der Waals surface area contributed by atoms with Crippen molar-refractivity contribution in [1.29, 1.82) is 0 Å². The van der Waals surface area contributed by atoms with Crippen molar-refractivity contribution in [3.05, 3.63) is 24.0 Å². The van der Waals surface area contributed by atoms with E-state index in [-0.39, 0.29) is 17.5 Å². The van der Waals surface area contributed by atoms with Gasteiger partial charge in [0, 0.05) is 5.56 Å². The van der Waals surface area contributed by atoms with E-state index in [9.17, 15) is 8.42 Å². The van der Waals surface area contributed by atoms with Gasteiger partial charge in [0.2, 0.25) is 0 Å². The molecule has 0 aromatic carbocycles. The summed E-state index contributed by atoms with van der Waals surface area (Å²) in [6.07, 6.45) is 2.13. The zero-order valence-corrected chi connectivity index (χ0v) is 11.4. The molecule has 0 saturated carbocycles. The molecule has 0 radical (unpaired) electrons. The summed E-state index contributed by atoms with van der Waals surface area (Å²) in [7, 11) is -2.96. The summed E-state index contributed by atoms with van der Waals surface area (Å²) in [4.78, 5) is 0. The number of hydrogen-bond acceptors (Lipinski definition) is 5. The molecule has 1 aliphatic heterocycles. The Morgan fingerprint density at radius 1 is 1.53 bits per heavy atom. The number of hydrogen-bond donors (Lipinski definition) is 1. The van der Waals surface area contributed by atoms with Crippen LogP contribution in [0.4, 0.5) is 5.82 Å². The summed E-state index contributed by atoms with van der Waals surface area (Å²) in [5.41, 5.74) is 7.53. The largest absolute Gasteiger partial charge is 0.463 e. The third-order valence-electron chi connectivity index (χ3n) is 3.50. The Kier molecular flexibility index (Phi) is 2.67. The normalized spacial score (nSPS) is 21.8. The number of rotatable bonds is 2. The molecule has 0 aliphatic carbocycles. The standard InChI is InChI=1S/C12H15N3O3S/c1-8-11(10-3-2-5-18-10)14-15(12(8)13)9-4-6-19(16,17)7-9/h2-3,5,9H,4,6-7,13H2,1H3. The minimum absolute atomic E-state index is 0.107. The van der Waals surface area contributed by atoms with Crippen LogP contribution >= 0.6 is 0 Å². The first-order valence-electron chi connectivity index (χ1n) is 6.07. The molecule has 7 heteroatoms. The van der Waals surface area contributed by atoms with Crippen LogP contribution in [0.1, 0.15) is 18.0 Å². The molecule has 1 fully saturated rings. The third-order valence-corrected chi connectivity index (χ3v) is 5.25. The van der Waals surface area contributed by atoms with Crippen LogP contribution in [-0.4, -0.2) is 29.7 Å². The van der Waals surface area contributed by atoms with Gasteiger partial charge in [-0.1, -0.05) is 0 Å². The Morgan fingerprint density at radius 2 is 2.32 bits per heavy atom. The van der Waals surface area contributed by atoms with E-state index in [1.54, 1.807) is 17.0 Å². The number of anilines is 1. The molecule has 6 nitrogen and oxygen atoms in total. The molecule has 3 rings (SSSR count). The number of nitrogens with two attached hydrogens (primary N) is 1. The van der Waals surface area contributed by atoms with Crippen molar-refractivity contribution >= 4 is 15.7 Å². The third kappa shape index (κ3) is 2.03. The second-order valence-corrected chi connectivity index (χ2v) is 7.07. The van der Waals surface area contributed by atoms with Crippen molar-refractivity contribution in [2.75, 3.05) is 17.2 Å². The van der Waals surface area contributed by atoms with Crippen LogP contribution in [0, 0.1) is 6.92 Å². The molecule has 1 aliphatic rings. The van der Waals surface area contributed by atoms with Gasteiger partial charge in [-0.25, -0.2) is 13.1 Å². The van der Waals surface area contributed by atoms with Crippen LogP contribution in [-0.2, 0) is 9.84 Å². The van der Waals surface area contributed by atoms with E-state index < -0.39 is 9.84 Å². The average Bonchev–Trinajstić information content (AvgIpc) is 3.03. The van der Waals surface area contributed by atoms with Crippen LogP contribution in [0.25, 0.3) is 11.5 Å². The molecule has 2 aromatic rings. The van der Waals surface area contributed by atoms with Crippen molar-refractivity contribution in [2.45, 2.75) is 19.4 Å². The molecule has 1 atom stereocenters. The molecule has 0 amide bonds. The first kappa shape index (κ1) is 12.3. The van der Waals surface area contributed by atoms with E-state index in [1.807, 2.05) is 13.0 Å². The molecule has 2 N–H and O–H groups in total. The van der Waals surface area contributed by atoms with Crippen molar-refractivity contribution < 1.29 is 12.8 Å². The minimum atomic E-state index is -2.96. The van der Waals surface area contributed by atoms with Crippen LogP contribution in [0.2, 0.25) is 0 Å². The summed E-state index contributed by atoms with van der Waals surface area (Å²) in [5, 5.41) is 4.43. The van der Waals surface area contributed by atoms with Gasteiger partial charge in [0.15, 0.2) is 15.6 Å². The zero-order valence-electron chi connectivity index (χ0n) is 10.5. The zero-order chi connectivity index (χ0) is 13.6. The highest BCUT2D eigenvalue weighted by molar-refractivity contribution is 7.91. The SMILES string of the molecule is Cc1c(-c2ccco2)nn(C2CCS(=O)(=O)C2)c1N. The van der Waals surface area contributed by atoms with E-state index in [0.717, 1.165) is 5.56 Å². The lowest BCUT2D eigenvalue weighted by molar-refractivity contribution is 0.504. The van der Waals surface area contributed by atoms with Gasteiger partial charge < -0.3 is 10.2 Å². The van der Waals surface area contributed by atoms with Crippen molar-refractivity contribution in [3.63, 3.8) is 0 Å². The summed E-state index contributed by atoms with van der Waals surface area (Å²) in [5.74, 6) is 1.46. The van der Waals surface area contributed by atoms with Gasteiger partial charge in [-0.3, -0.25) is 0 Å². The minimum Gasteiger partial charge on any atom is -0.463 e. The molecule has 0 spiro atoms. The van der Waals surface area contributed by atoms with Gasteiger partial charge in [0.25, 0.3) is 0 Å². The van der Waals surface area contributed by atoms with E-state index in [4.69, 9.17) is 10.2 Å². The molecule has 3 heterocycles. The monoisotopic (exact) mass is 281 g/mol. The van der Waals surface area contributed by atoms with Crippen LogP contribution in [0.15, 0.2) is 22.8 Å². The molecular formula is C12H15N3O3S. The summed E-state index contributed by atoms with van der Waals surface area (Å²) in [6, 6.07) is 3.42. The van der Waals surface area contributed by atoms with E-state index >= 15 is 0 Å². The predicted octanol–water partition coefficient (Wildman–Crippen LogP) is 1.39. The second-order valence-electron chi connectivity index (χ2n) is 4.84. The van der Waals surface area contributed by atoms with E-state index in [2.05, 4.69) is 5.10 Å². The van der Waals surface area contributed by atoms with Gasteiger partial charge in [-0.2, -0.15) is 5.10 Å². The van der Waals surface area contributed by atoms with Crippen molar-refractivity contribution in [3.8, 4) is 11.5 Å².